The Morgan fingerprint density at radius 3 is 2.83 bits per heavy atom. The predicted molar refractivity (Wildman–Crippen MR) is 63.4 cm³/mol. The molecule has 1 aromatic rings. The summed E-state index contributed by atoms with van der Waals surface area (Å²) in [6.07, 6.45) is 4.51. The number of nitrogens with zero attached hydrogens (tertiary/aromatic N) is 1. The van der Waals surface area contributed by atoms with Gasteiger partial charge in [0.1, 0.15) is 5.82 Å². The maximum absolute atomic E-state index is 12.0. The molecule has 0 aromatic carbocycles. The van der Waals surface area contributed by atoms with Crippen LogP contribution in [-0.4, -0.2) is 27.0 Å². The molecule has 1 aliphatic rings. The van der Waals surface area contributed by atoms with Crippen LogP contribution in [0.3, 0.4) is 0 Å². The third kappa shape index (κ3) is 2.69. The maximum Gasteiger partial charge on any atom is 0.307 e. The average Bonchev–Trinajstić information content (AvgIpc) is 2.94. The van der Waals surface area contributed by atoms with Crippen LogP contribution in [0.25, 0.3) is 0 Å². The Hall–Kier alpha value is -1.85. The van der Waals surface area contributed by atoms with Gasteiger partial charge in [-0.3, -0.25) is 9.59 Å². The molecular weight excluding hydrogens is 234 g/mol. The van der Waals surface area contributed by atoms with Crippen molar-refractivity contribution >= 4 is 11.9 Å². The van der Waals surface area contributed by atoms with Crippen LogP contribution < -0.4 is 5.32 Å². The molecule has 1 heterocycles. The van der Waals surface area contributed by atoms with E-state index in [4.69, 9.17) is 5.11 Å². The topological polar surface area (TPSA) is 95.1 Å². The second kappa shape index (κ2) is 5.20. The molecule has 1 unspecified atom stereocenters. The number of carboxylic acids is 1. The van der Waals surface area contributed by atoms with Gasteiger partial charge >= 0.3 is 5.97 Å². The highest BCUT2D eigenvalue weighted by Gasteiger charge is 2.41. The Bertz CT molecular complexity index is 430. The summed E-state index contributed by atoms with van der Waals surface area (Å²) in [7, 11) is 0. The molecule has 98 valence electrons. The number of rotatable bonds is 4. The molecule has 6 heteroatoms. The third-order valence-corrected chi connectivity index (χ3v) is 3.44. The van der Waals surface area contributed by atoms with Crippen molar-refractivity contribution in [3.8, 4) is 0 Å². The van der Waals surface area contributed by atoms with Crippen molar-refractivity contribution in [2.45, 2.75) is 26.3 Å². The second-order valence-electron chi connectivity index (χ2n) is 4.88. The lowest BCUT2D eigenvalue weighted by Crippen LogP contribution is -2.35. The molecule has 3 N–H and O–H groups in total. The minimum Gasteiger partial charge on any atom is -0.481 e. The highest BCUT2D eigenvalue weighted by Crippen LogP contribution is 2.36. The van der Waals surface area contributed by atoms with E-state index in [1.807, 2.05) is 6.92 Å². The lowest BCUT2D eigenvalue weighted by molar-refractivity contribution is -0.146. The number of aromatic nitrogens is 2. The molecule has 1 aromatic heterocycles. The fourth-order valence-corrected chi connectivity index (χ4v) is 2.55. The van der Waals surface area contributed by atoms with Crippen molar-refractivity contribution in [2.24, 2.45) is 17.8 Å². The number of imidazole rings is 1. The lowest BCUT2D eigenvalue weighted by atomic mass is 9.95. The first kappa shape index (κ1) is 12.6. The van der Waals surface area contributed by atoms with Crippen LogP contribution in [0, 0.1) is 17.8 Å². The summed E-state index contributed by atoms with van der Waals surface area (Å²) in [5.41, 5.74) is 0. The molecule has 0 aliphatic heterocycles. The van der Waals surface area contributed by atoms with Gasteiger partial charge in [-0.1, -0.05) is 6.92 Å². The van der Waals surface area contributed by atoms with Crippen molar-refractivity contribution < 1.29 is 14.7 Å². The van der Waals surface area contributed by atoms with Gasteiger partial charge in [0.25, 0.3) is 0 Å². The molecule has 0 saturated heterocycles. The average molecular weight is 251 g/mol. The number of nitrogens with one attached hydrogen (secondary N) is 2. The number of aliphatic carboxylic acids is 1. The van der Waals surface area contributed by atoms with E-state index < -0.39 is 17.8 Å². The monoisotopic (exact) mass is 251 g/mol. The fourth-order valence-electron chi connectivity index (χ4n) is 2.55. The van der Waals surface area contributed by atoms with E-state index in [1.165, 1.54) is 0 Å². The highest BCUT2D eigenvalue weighted by atomic mass is 16.4. The molecule has 1 fully saturated rings. The summed E-state index contributed by atoms with van der Waals surface area (Å²) >= 11 is 0. The zero-order valence-corrected chi connectivity index (χ0v) is 10.2. The molecule has 0 spiro atoms. The van der Waals surface area contributed by atoms with E-state index >= 15 is 0 Å². The molecule has 1 saturated carbocycles. The third-order valence-electron chi connectivity index (χ3n) is 3.44. The first-order chi connectivity index (χ1) is 8.58. The van der Waals surface area contributed by atoms with Crippen LogP contribution in [0.5, 0.6) is 0 Å². The van der Waals surface area contributed by atoms with Crippen LogP contribution in [0.2, 0.25) is 0 Å². The van der Waals surface area contributed by atoms with Crippen LogP contribution >= 0.6 is 0 Å². The largest absolute Gasteiger partial charge is 0.481 e. The molecule has 1 amide bonds. The van der Waals surface area contributed by atoms with E-state index in [2.05, 4.69) is 15.3 Å². The van der Waals surface area contributed by atoms with Crippen molar-refractivity contribution in [3.63, 3.8) is 0 Å². The molecular formula is C12H17N3O3. The van der Waals surface area contributed by atoms with E-state index in [0.717, 1.165) is 0 Å². The van der Waals surface area contributed by atoms with Crippen molar-refractivity contribution in [3.05, 3.63) is 18.2 Å². The van der Waals surface area contributed by atoms with E-state index in [9.17, 15) is 9.59 Å². The van der Waals surface area contributed by atoms with Gasteiger partial charge in [-0.2, -0.15) is 0 Å². The molecule has 18 heavy (non-hydrogen) atoms. The van der Waals surface area contributed by atoms with E-state index in [1.54, 1.807) is 12.4 Å². The number of carbonyl (C=O) groups is 2. The van der Waals surface area contributed by atoms with Crippen LogP contribution in [-0.2, 0) is 16.1 Å². The van der Waals surface area contributed by atoms with Gasteiger partial charge in [0.05, 0.1) is 18.4 Å². The molecule has 1 aliphatic carbocycles. The number of carboxylic acid groups (broad SMARTS) is 1. The standard InChI is InChI=1S/C12H17N3O3/c1-7-4-8(9(5-7)12(17)18)11(16)15-6-10-13-2-3-14-10/h2-3,7-9H,4-6H2,1H3,(H,13,14)(H,15,16)(H,17,18)/t7?,8-,9+/m0/s1. The zero-order chi connectivity index (χ0) is 13.1. The second-order valence-corrected chi connectivity index (χ2v) is 4.88. The maximum atomic E-state index is 12.0. The van der Waals surface area contributed by atoms with E-state index in [0.29, 0.717) is 25.2 Å². The Morgan fingerprint density at radius 2 is 2.22 bits per heavy atom. The Labute approximate surface area is 105 Å². The van der Waals surface area contributed by atoms with Crippen LogP contribution in [0.1, 0.15) is 25.6 Å². The number of aromatic amines is 1. The van der Waals surface area contributed by atoms with Crippen molar-refractivity contribution in [1.29, 1.82) is 0 Å². The van der Waals surface area contributed by atoms with Gasteiger partial charge in [-0.05, 0) is 18.8 Å². The number of hydrogen-bond donors (Lipinski definition) is 3. The van der Waals surface area contributed by atoms with Gasteiger partial charge in [0, 0.05) is 12.4 Å². The molecule has 0 bridgehead atoms. The van der Waals surface area contributed by atoms with Crippen LogP contribution in [0.4, 0.5) is 0 Å². The van der Waals surface area contributed by atoms with Crippen molar-refractivity contribution in [2.75, 3.05) is 0 Å². The summed E-state index contributed by atoms with van der Waals surface area (Å²) < 4.78 is 0. The fraction of sp³-hybridized carbons (Fsp3) is 0.583. The Morgan fingerprint density at radius 1 is 1.50 bits per heavy atom. The summed E-state index contributed by atoms with van der Waals surface area (Å²) in [6.45, 7) is 2.29. The SMILES string of the molecule is CC1C[C@H](C(=O)NCc2ncc[nH]2)[C@H](C(=O)O)C1. The summed E-state index contributed by atoms with van der Waals surface area (Å²) in [6, 6.07) is 0. The minimum absolute atomic E-state index is 0.192. The van der Waals surface area contributed by atoms with E-state index in [-0.39, 0.29) is 11.8 Å². The Kier molecular flexibility index (Phi) is 3.64. The van der Waals surface area contributed by atoms with Gasteiger partial charge in [0.2, 0.25) is 5.91 Å². The lowest BCUT2D eigenvalue weighted by Gasteiger charge is -2.14. The zero-order valence-electron chi connectivity index (χ0n) is 10.2. The number of amides is 1. The summed E-state index contributed by atoms with van der Waals surface area (Å²) in [5, 5.41) is 11.8. The molecule has 0 radical (unpaired) electrons. The normalized spacial score (nSPS) is 27.1. The smallest absolute Gasteiger partial charge is 0.307 e. The van der Waals surface area contributed by atoms with Crippen molar-refractivity contribution in [1.82, 2.24) is 15.3 Å². The molecule has 2 rings (SSSR count). The number of hydrogen-bond acceptors (Lipinski definition) is 3. The minimum atomic E-state index is -0.877. The quantitative estimate of drug-likeness (QED) is 0.736. The highest BCUT2D eigenvalue weighted by molar-refractivity contribution is 5.85. The Balaban J connectivity index is 1.93. The van der Waals surface area contributed by atoms with Gasteiger partial charge in [-0.15, -0.1) is 0 Å². The van der Waals surface area contributed by atoms with Crippen LogP contribution in [0.15, 0.2) is 12.4 Å². The number of carbonyl (C=O) groups excluding carboxylic acids is 1. The predicted octanol–water partition coefficient (Wildman–Crippen LogP) is 0.773. The first-order valence-corrected chi connectivity index (χ1v) is 6.06. The molecule has 6 nitrogen and oxygen atoms in total. The summed E-state index contributed by atoms with van der Waals surface area (Å²) in [4.78, 5) is 30.0. The number of H-pyrrole nitrogens is 1. The first-order valence-electron chi connectivity index (χ1n) is 6.06. The summed E-state index contributed by atoms with van der Waals surface area (Å²) in [5.74, 6) is -1.10. The van der Waals surface area contributed by atoms with Gasteiger partial charge in [-0.25, -0.2) is 4.98 Å². The van der Waals surface area contributed by atoms with Gasteiger partial charge < -0.3 is 15.4 Å². The van der Waals surface area contributed by atoms with Gasteiger partial charge in [0.15, 0.2) is 0 Å². The molecule has 3 atom stereocenters.